The van der Waals surface area contributed by atoms with Crippen molar-refractivity contribution in [2.45, 2.75) is 6.92 Å². The molecule has 0 aliphatic heterocycles. The highest BCUT2D eigenvalue weighted by atomic mass is 16.5. The van der Waals surface area contributed by atoms with Gasteiger partial charge in [-0.05, 0) is 46.4 Å². The van der Waals surface area contributed by atoms with E-state index in [9.17, 15) is 9.59 Å². The summed E-state index contributed by atoms with van der Waals surface area (Å²) in [6.45, 7) is 1.97. The monoisotopic (exact) mass is 528 g/mol. The first-order chi connectivity index (χ1) is 19.4. The minimum absolute atomic E-state index is 0.180. The van der Waals surface area contributed by atoms with E-state index < -0.39 is 17.4 Å². The van der Waals surface area contributed by atoms with Crippen molar-refractivity contribution in [3.05, 3.63) is 167 Å². The van der Waals surface area contributed by atoms with E-state index in [1.165, 1.54) is 14.2 Å². The van der Waals surface area contributed by atoms with Gasteiger partial charge in [-0.3, -0.25) is 0 Å². The number of hydrogen-bond acceptors (Lipinski definition) is 4. The molecule has 4 heteroatoms. The van der Waals surface area contributed by atoms with E-state index >= 15 is 0 Å². The molecule has 0 aliphatic carbocycles. The first kappa shape index (κ1) is 28.1. The number of methoxy groups -OCH3 is 2. The molecule has 4 aromatic carbocycles. The summed E-state index contributed by atoms with van der Waals surface area (Å²) in [4.78, 5) is 25.6. The lowest BCUT2D eigenvalue weighted by Crippen LogP contribution is -2.20. The van der Waals surface area contributed by atoms with Gasteiger partial charge in [-0.1, -0.05) is 133 Å². The molecular formula is C36H32O4. The molecule has 4 nitrogen and oxygen atoms in total. The summed E-state index contributed by atoms with van der Waals surface area (Å²) in [6, 6.07) is 40.2. The Hall–Kier alpha value is -4.96. The van der Waals surface area contributed by atoms with E-state index in [4.69, 9.17) is 9.47 Å². The summed E-state index contributed by atoms with van der Waals surface area (Å²) < 4.78 is 9.96. The summed E-state index contributed by atoms with van der Waals surface area (Å²) >= 11 is 0. The standard InChI is InChI=1S/C36H32O4/c1-36(26-33(34(37)39-2)35(38)40-3,24-31(27-16-8-4-9-17-27)28-18-10-5-11-19-28)25-32(29-20-12-6-13-21-29)30-22-14-7-15-23-30/h4-26H,1-3H3. The number of carbonyl (C=O) groups is 2. The van der Waals surface area contributed by atoms with Crippen molar-refractivity contribution in [2.24, 2.45) is 5.41 Å². The van der Waals surface area contributed by atoms with Gasteiger partial charge in [0, 0.05) is 5.41 Å². The molecule has 0 N–H and O–H groups in total. The zero-order chi connectivity index (χ0) is 28.4. The van der Waals surface area contributed by atoms with Gasteiger partial charge >= 0.3 is 11.9 Å². The Kier molecular flexibility index (Phi) is 9.27. The Balaban J connectivity index is 2.07. The van der Waals surface area contributed by atoms with Gasteiger partial charge in [-0.25, -0.2) is 9.59 Å². The van der Waals surface area contributed by atoms with Crippen LogP contribution in [0.4, 0.5) is 0 Å². The van der Waals surface area contributed by atoms with E-state index in [2.05, 4.69) is 12.2 Å². The van der Waals surface area contributed by atoms with Crippen LogP contribution in [0.5, 0.6) is 0 Å². The van der Waals surface area contributed by atoms with Gasteiger partial charge in [0.05, 0.1) is 14.2 Å². The average Bonchev–Trinajstić information content (AvgIpc) is 3.02. The van der Waals surface area contributed by atoms with Crippen LogP contribution in [0, 0.1) is 5.41 Å². The van der Waals surface area contributed by atoms with Crippen molar-refractivity contribution >= 4 is 23.1 Å². The summed E-state index contributed by atoms with van der Waals surface area (Å²) in [5, 5.41) is 0. The number of ether oxygens (including phenoxy) is 2. The minimum atomic E-state index is -0.945. The van der Waals surface area contributed by atoms with Crippen molar-refractivity contribution < 1.29 is 19.1 Å². The van der Waals surface area contributed by atoms with Crippen LogP contribution >= 0.6 is 0 Å². The molecule has 0 unspecified atom stereocenters. The molecule has 0 radical (unpaired) electrons. The van der Waals surface area contributed by atoms with Crippen molar-refractivity contribution in [3.63, 3.8) is 0 Å². The highest BCUT2D eigenvalue weighted by molar-refractivity contribution is 6.14. The van der Waals surface area contributed by atoms with Gasteiger partial charge in [0.1, 0.15) is 5.57 Å². The molecule has 0 aliphatic rings. The summed E-state index contributed by atoms with van der Waals surface area (Å²) in [7, 11) is 2.50. The van der Waals surface area contributed by atoms with Crippen LogP contribution in [0.3, 0.4) is 0 Å². The number of benzene rings is 4. The molecule has 0 saturated carbocycles. The molecule has 0 heterocycles. The maximum atomic E-state index is 12.8. The Morgan fingerprint density at radius 2 is 0.775 bits per heavy atom. The van der Waals surface area contributed by atoms with Crippen molar-refractivity contribution in [1.82, 2.24) is 0 Å². The molecule has 4 aromatic rings. The lowest BCUT2D eigenvalue weighted by Gasteiger charge is -2.24. The van der Waals surface area contributed by atoms with Crippen LogP contribution in [0.2, 0.25) is 0 Å². The van der Waals surface area contributed by atoms with Crippen LogP contribution in [-0.2, 0) is 19.1 Å². The third-order valence-corrected chi connectivity index (χ3v) is 6.52. The summed E-state index contributed by atoms with van der Waals surface area (Å²) in [6.07, 6.45) is 5.78. The molecule has 0 saturated heterocycles. The topological polar surface area (TPSA) is 52.6 Å². The Morgan fingerprint density at radius 3 is 1.02 bits per heavy atom. The van der Waals surface area contributed by atoms with Crippen LogP contribution in [0.25, 0.3) is 11.1 Å². The molecule has 4 rings (SSSR count). The van der Waals surface area contributed by atoms with E-state index in [0.29, 0.717) is 0 Å². The van der Waals surface area contributed by atoms with Gasteiger partial charge in [0.25, 0.3) is 0 Å². The van der Waals surface area contributed by atoms with Gasteiger partial charge < -0.3 is 9.47 Å². The fraction of sp³-hybridized carbons (Fsp3) is 0.111. The molecule has 0 atom stereocenters. The Bertz CT molecular complexity index is 1320. The molecule has 0 aromatic heterocycles. The quantitative estimate of drug-likeness (QED) is 0.0975. The largest absolute Gasteiger partial charge is 0.465 e. The highest BCUT2D eigenvalue weighted by Gasteiger charge is 2.28. The van der Waals surface area contributed by atoms with Crippen LogP contribution in [-0.4, -0.2) is 26.2 Å². The SMILES string of the molecule is COC(=O)C(=CC(C)(C=C(c1ccccc1)c1ccccc1)C=C(c1ccccc1)c1ccccc1)C(=O)OC. The third-order valence-electron chi connectivity index (χ3n) is 6.52. The lowest BCUT2D eigenvalue weighted by atomic mass is 9.79. The molecule has 0 bridgehead atoms. The Labute approximate surface area is 235 Å². The Morgan fingerprint density at radius 1 is 0.500 bits per heavy atom. The van der Waals surface area contributed by atoms with Crippen molar-refractivity contribution in [3.8, 4) is 0 Å². The molecule has 0 spiro atoms. The maximum Gasteiger partial charge on any atom is 0.345 e. The van der Waals surface area contributed by atoms with Gasteiger partial charge in [0.2, 0.25) is 0 Å². The molecule has 200 valence electrons. The number of carbonyl (C=O) groups excluding carboxylic acids is 2. The fourth-order valence-corrected chi connectivity index (χ4v) is 4.62. The van der Waals surface area contributed by atoms with Gasteiger partial charge in [-0.2, -0.15) is 0 Å². The van der Waals surface area contributed by atoms with Crippen molar-refractivity contribution in [2.75, 3.05) is 14.2 Å². The predicted molar refractivity (Wildman–Crippen MR) is 160 cm³/mol. The highest BCUT2D eigenvalue weighted by Crippen LogP contribution is 2.37. The number of esters is 2. The van der Waals surface area contributed by atoms with Crippen LogP contribution in [0.15, 0.2) is 145 Å². The number of allylic oxidation sites excluding steroid dienone is 3. The van der Waals surface area contributed by atoms with Gasteiger partial charge in [0.15, 0.2) is 0 Å². The van der Waals surface area contributed by atoms with E-state index in [0.717, 1.165) is 33.4 Å². The summed E-state index contributed by atoms with van der Waals surface area (Å²) in [5.41, 5.74) is 4.78. The second-order valence-electron chi connectivity index (χ2n) is 9.49. The first-order valence-corrected chi connectivity index (χ1v) is 13.0. The number of rotatable bonds is 9. The predicted octanol–water partition coefficient (Wildman–Crippen LogP) is 7.53. The third kappa shape index (κ3) is 6.91. The summed E-state index contributed by atoms with van der Waals surface area (Å²) in [5.74, 6) is -1.52. The minimum Gasteiger partial charge on any atom is -0.465 e. The van der Waals surface area contributed by atoms with E-state index in [-0.39, 0.29) is 5.57 Å². The molecule has 0 amide bonds. The van der Waals surface area contributed by atoms with Crippen molar-refractivity contribution in [1.29, 1.82) is 0 Å². The van der Waals surface area contributed by atoms with Gasteiger partial charge in [-0.15, -0.1) is 0 Å². The zero-order valence-electron chi connectivity index (χ0n) is 22.9. The normalized spacial score (nSPS) is 10.6. The molecular weight excluding hydrogens is 496 g/mol. The van der Waals surface area contributed by atoms with Crippen LogP contribution in [0.1, 0.15) is 29.2 Å². The molecule has 40 heavy (non-hydrogen) atoms. The smallest absolute Gasteiger partial charge is 0.345 e. The first-order valence-electron chi connectivity index (χ1n) is 13.0. The van der Waals surface area contributed by atoms with E-state index in [1.54, 1.807) is 6.08 Å². The lowest BCUT2D eigenvalue weighted by molar-refractivity contribution is -0.144. The second-order valence-corrected chi connectivity index (χ2v) is 9.49. The number of hydrogen-bond donors (Lipinski definition) is 0. The van der Waals surface area contributed by atoms with Crippen LogP contribution < -0.4 is 0 Å². The maximum absolute atomic E-state index is 12.8. The molecule has 0 fully saturated rings. The average molecular weight is 529 g/mol. The fourth-order valence-electron chi connectivity index (χ4n) is 4.62. The zero-order valence-corrected chi connectivity index (χ0v) is 22.9. The van der Waals surface area contributed by atoms with E-state index in [1.807, 2.05) is 128 Å². The second kappa shape index (κ2) is 13.2.